The van der Waals surface area contributed by atoms with Crippen molar-refractivity contribution in [1.82, 2.24) is 5.32 Å². The van der Waals surface area contributed by atoms with Gasteiger partial charge in [0, 0.05) is 29.9 Å². The number of hydrogen-bond acceptors (Lipinski definition) is 7. The van der Waals surface area contributed by atoms with Crippen molar-refractivity contribution in [2.24, 2.45) is 0 Å². The van der Waals surface area contributed by atoms with Gasteiger partial charge in [0.25, 0.3) is 21.6 Å². The zero-order valence-corrected chi connectivity index (χ0v) is 18.2. The van der Waals surface area contributed by atoms with E-state index in [1.165, 1.54) is 49.6 Å². The maximum Gasteiger partial charge on any atom is 0.337 e. The number of benzene rings is 3. The average molecular weight is 469 g/mol. The smallest absolute Gasteiger partial charge is 0.337 e. The third kappa shape index (κ3) is 5.92. The molecule has 0 aliphatic carbocycles. The fraction of sp³-hybridized carbons (Fsp3) is 0.0909. The van der Waals surface area contributed by atoms with Gasteiger partial charge < -0.3 is 10.1 Å². The zero-order valence-electron chi connectivity index (χ0n) is 17.3. The van der Waals surface area contributed by atoms with E-state index < -0.39 is 20.9 Å². The standard InChI is InChI=1S/C22H19N3O7S/c1-32-22(27)17-7-5-15(6-8-17)14-23-21(26)16-9-11-18(12-10-16)24-33(30,31)20-4-2-3-19(13-20)25(28)29/h2-13,24H,14H2,1H3,(H,23,26). The van der Waals surface area contributed by atoms with E-state index in [4.69, 9.17) is 0 Å². The number of carbonyl (C=O) groups is 2. The summed E-state index contributed by atoms with van der Waals surface area (Å²) in [5.41, 5.74) is 1.33. The highest BCUT2D eigenvalue weighted by molar-refractivity contribution is 7.92. The van der Waals surface area contributed by atoms with Crippen LogP contribution >= 0.6 is 0 Å². The summed E-state index contributed by atoms with van der Waals surface area (Å²) in [5, 5.41) is 13.6. The fourth-order valence-corrected chi connectivity index (χ4v) is 3.93. The van der Waals surface area contributed by atoms with Crippen molar-refractivity contribution >= 4 is 33.3 Å². The lowest BCUT2D eigenvalue weighted by Gasteiger charge is -2.09. The second kappa shape index (κ2) is 9.92. The first-order chi connectivity index (χ1) is 15.7. The minimum atomic E-state index is -4.05. The Morgan fingerprint density at radius 3 is 2.21 bits per heavy atom. The quantitative estimate of drug-likeness (QED) is 0.293. The van der Waals surface area contributed by atoms with Crippen molar-refractivity contribution in [3.05, 3.63) is 99.6 Å². The van der Waals surface area contributed by atoms with Crippen LogP contribution < -0.4 is 10.0 Å². The summed E-state index contributed by atoms with van der Waals surface area (Å²) in [6, 6.07) is 17.0. The predicted molar refractivity (Wildman–Crippen MR) is 119 cm³/mol. The highest BCUT2D eigenvalue weighted by atomic mass is 32.2. The molecular formula is C22H19N3O7S. The number of ether oxygens (including phenoxy) is 1. The van der Waals surface area contributed by atoms with E-state index in [-0.39, 0.29) is 28.7 Å². The molecule has 0 spiro atoms. The minimum Gasteiger partial charge on any atom is -0.465 e. The van der Waals surface area contributed by atoms with Crippen molar-refractivity contribution in [3.8, 4) is 0 Å². The number of amides is 1. The molecule has 170 valence electrons. The number of nitro benzene ring substituents is 1. The maximum absolute atomic E-state index is 12.5. The molecule has 3 rings (SSSR count). The lowest BCUT2D eigenvalue weighted by Crippen LogP contribution is -2.22. The van der Waals surface area contributed by atoms with Crippen molar-refractivity contribution in [2.45, 2.75) is 11.4 Å². The summed E-state index contributed by atoms with van der Waals surface area (Å²) in [4.78, 5) is 33.8. The number of non-ortho nitro benzene ring substituents is 1. The van der Waals surface area contributed by atoms with E-state index in [9.17, 15) is 28.1 Å². The van der Waals surface area contributed by atoms with E-state index in [0.29, 0.717) is 11.1 Å². The number of nitrogens with one attached hydrogen (secondary N) is 2. The van der Waals surface area contributed by atoms with Crippen LogP contribution in [0.5, 0.6) is 0 Å². The molecule has 3 aromatic carbocycles. The van der Waals surface area contributed by atoms with E-state index in [1.54, 1.807) is 24.3 Å². The Hall–Kier alpha value is -4.25. The zero-order chi connectivity index (χ0) is 24.0. The summed E-state index contributed by atoms with van der Waals surface area (Å²) >= 11 is 0. The van der Waals surface area contributed by atoms with Gasteiger partial charge in [-0.15, -0.1) is 0 Å². The Morgan fingerprint density at radius 2 is 1.61 bits per heavy atom. The summed E-state index contributed by atoms with van der Waals surface area (Å²) in [6.45, 7) is 0.224. The highest BCUT2D eigenvalue weighted by Gasteiger charge is 2.18. The number of esters is 1. The topological polar surface area (TPSA) is 145 Å². The summed E-state index contributed by atoms with van der Waals surface area (Å²) < 4.78 is 32.0. The molecule has 0 unspecified atom stereocenters. The first kappa shape index (κ1) is 23.4. The molecule has 11 heteroatoms. The van der Waals surface area contributed by atoms with Gasteiger partial charge in [-0.25, -0.2) is 13.2 Å². The summed E-state index contributed by atoms with van der Waals surface area (Å²) in [5.74, 6) is -0.827. The van der Waals surface area contributed by atoms with Crippen LogP contribution in [-0.4, -0.2) is 32.3 Å². The van der Waals surface area contributed by atoms with Crippen LogP contribution in [0.25, 0.3) is 0 Å². The van der Waals surface area contributed by atoms with E-state index in [2.05, 4.69) is 14.8 Å². The summed E-state index contributed by atoms with van der Waals surface area (Å²) in [6.07, 6.45) is 0. The Morgan fingerprint density at radius 1 is 0.970 bits per heavy atom. The van der Waals surface area contributed by atoms with Gasteiger partial charge in [-0.3, -0.25) is 19.6 Å². The van der Waals surface area contributed by atoms with Gasteiger partial charge in [0.05, 0.1) is 22.5 Å². The molecule has 3 aromatic rings. The van der Waals surface area contributed by atoms with Crippen molar-refractivity contribution in [2.75, 3.05) is 11.8 Å². The molecular weight excluding hydrogens is 450 g/mol. The SMILES string of the molecule is COC(=O)c1ccc(CNC(=O)c2ccc(NS(=O)(=O)c3cccc([N+](=O)[O-])c3)cc2)cc1. The van der Waals surface area contributed by atoms with Gasteiger partial charge in [0.1, 0.15) is 0 Å². The van der Waals surface area contributed by atoms with Gasteiger partial charge in [-0.05, 0) is 48.0 Å². The Bertz CT molecular complexity index is 1290. The molecule has 0 aliphatic heterocycles. The number of carbonyl (C=O) groups excluding carboxylic acids is 2. The second-order valence-corrected chi connectivity index (χ2v) is 8.49. The first-order valence-corrected chi connectivity index (χ1v) is 11.0. The molecule has 0 fully saturated rings. The van der Waals surface area contributed by atoms with Crippen LogP contribution in [-0.2, 0) is 21.3 Å². The van der Waals surface area contributed by atoms with E-state index in [0.717, 1.165) is 11.6 Å². The number of methoxy groups -OCH3 is 1. The second-order valence-electron chi connectivity index (χ2n) is 6.81. The molecule has 0 radical (unpaired) electrons. The van der Waals surface area contributed by atoms with Crippen LogP contribution in [0, 0.1) is 10.1 Å². The van der Waals surface area contributed by atoms with Gasteiger partial charge in [0.15, 0.2) is 0 Å². The predicted octanol–water partition coefficient (Wildman–Crippen LogP) is 3.11. The largest absolute Gasteiger partial charge is 0.465 e. The molecule has 0 heterocycles. The lowest BCUT2D eigenvalue weighted by molar-refractivity contribution is -0.385. The Kier molecular flexibility index (Phi) is 7.04. The van der Waals surface area contributed by atoms with Gasteiger partial charge >= 0.3 is 5.97 Å². The average Bonchev–Trinajstić information content (AvgIpc) is 2.82. The van der Waals surface area contributed by atoms with Crippen LogP contribution in [0.3, 0.4) is 0 Å². The fourth-order valence-electron chi connectivity index (χ4n) is 2.83. The Labute approximate surface area is 189 Å². The minimum absolute atomic E-state index is 0.191. The number of nitrogens with zero attached hydrogens (tertiary/aromatic N) is 1. The molecule has 0 saturated heterocycles. The molecule has 0 atom stereocenters. The molecule has 2 N–H and O–H groups in total. The molecule has 10 nitrogen and oxygen atoms in total. The normalized spacial score (nSPS) is 10.8. The van der Waals surface area contributed by atoms with Crippen molar-refractivity contribution < 1.29 is 27.7 Å². The third-order valence-corrected chi connectivity index (χ3v) is 5.95. The number of anilines is 1. The molecule has 0 aromatic heterocycles. The van der Waals surface area contributed by atoms with Gasteiger partial charge in [-0.1, -0.05) is 18.2 Å². The van der Waals surface area contributed by atoms with Gasteiger partial charge in [-0.2, -0.15) is 0 Å². The van der Waals surface area contributed by atoms with Crippen LogP contribution in [0.15, 0.2) is 77.7 Å². The molecule has 0 bridgehead atoms. The number of sulfonamides is 1. The molecule has 0 saturated carbocycles. The monoisotopic (exact) mass is 469 g/mol. The molecule has 33 heavy (non-hydrogen) atoms. The first-order valence-electron chi connectivity index (χ1n) is 9.52. The summed E-state index contributed by atoms with van der Waals surface area (Å²) in [7, 11) is -2.76. The van der Waals surface area contributed by atoms with Crippen LogP contribution in [0.4, 0.5) is 11.4 Å². The van der Waals surface area contributed by atoms with Crippen molar-refractivity contribution in [1.29, 1.82) is 0 Å². The molecule has 1 amide bonds. The number of rotatable bonds is 8. The van der Waals surface area contributed by atoms with Crippen LogP contribution in [0.1, 0.15) is 26.3 Å². The van der Waals surface area contributed by atoms with Crippen molar-refractivity contribution in [3.63, 3.8) is 0 Å². The van der Waals surface area contributed by atoms with E-state index in [1.807, 2.05) is 0 Å². The maximum atomic E-state index is 12.5. The van der Waals surface area contributed by atoms with Crippen LogP contribution in [0.2, 0.25) is 0 Å². The number of hydrogen-bond donors (Lipinski definition) is 2. The lowest BCUT2D eigenvalue weighted by atomic mass is 10.1. The van der Waals surface area contributed by atoms with Gasteiger partial charge in [0.2, 0.25) is 0 Å². The van der Waals surface area contributed by atoms with E-state index >= 15 is 0 Å². The third-order valence-electron chi connectivity index (χ3n) is 4.57. The molecule has 0 aliphatic rings. The Balaban J connectivity index is 1.62. The number of nitro groups is 1. The highest BCUT2D eigenvalue weighted by Crippen LogP contribution is 2.21.